The van der Waals surface area contributed by atoms with Crippen molar-refractivity contribution in [1.82, 2.24) is 0 Å². The summed E-state index contributed by atoms with van der Waals surface area (Å²) in [6.07, 6.45) is -4.27. The molecule has 0 bridgehead atoms. The first kappa shape index (κ1) is 23.1. The molecule has 1 fully saturated rings. The van der Waals surface area contributed by atoms with Crippen molar-refractivity contribution >= 4 is 23.1 Å². The van der Waals surface area contributed by atoms with Gasteiger partial charge in [0.15, 0.2) is 17.4 Å². The van der Waals surface area contributed by atoms with Crippen LogP contribution in [0.1, 0.15) is 33.5 Å². The van der Waals surface area contributed by atoms with E-state index < -0.39 is 46.4 Å². The van der Waals surface area contributed by atoms with Crippen molar-refractivity contribution < 1.29 is 41.0 Å². The van der Waals surface area contributed by atoms with E-state index in [1.807, 2.05) is 0 Å². The van der Waals surface area contributed by atoms with Crippen LogP contribution in [0, 0.1) is 11.6 Å². The van der Waals surface area contributed by atoms with Gasteiger partial charge < -0.3 is 9.47 Å². The molecule has 5 nitrogen and oxygen atoms in total. The predicted octanol–water partition coefficient (Wildman–Crippen LogP) is 5.48. The van der Waals surface area contributed by atoms with Crippen molar-refractivity contribution in [3.05, 3.63) is 94.6 Å². The topological polar surface area (TPSA) is 55.8 Å². The first-order chi connectivity index (χ1) is 16.6. The van der Waals surface area contributed by atoms with Gasteiger partial charge in [0.25, 0.3) is 11.7 Å². The van der Waals surface area contributed by atoms with Gasteiger partial charge in [-0.15, -0.1) is 0 Å². The largest absolute Gasteiger partial charge is 0.417 e. The molecule has 180 valence electrons. The SMILES string of the molecule is O=C(c1ccc2c(c1)C1(OCCCO1)C(=O)N2c1ccc(F)c(F)c1)c1ccccc1C(F)(F)F. The molecule has 2 aliphatic rings. The van der Waals surface area contributed by atoms with Crippen LogP contribution in [0.5, 0.6) is 0 Å². The van der Waals surface area contributed by atoms with E-state index in [0.29, 0.717) is 6.42 Å². The van der Waals surface area contributed by atoms with E-state index in [1.165, 1.54) is 36.4 Å². The summed E-state index contributed by atoms with van der Waals surface area (Å²) in [7, 11) is 0. The number of alkyl halides is 3. The van der Waals surface area contributed by atoms with Crippen molar-refractivity contribution in [3.8, 4) is 0 Å². The second-order valence-electron chi connectivity index (χ2n) is 8.01. The lowest BCUT2D eigenvalue weighted by molar-refractivity contribution is -0.256. The van der Waals surface area contributed by atoms with Crippen molar-refractivity contribution in [2.75, 3.05) is 18.1 Å². The van der Waals surface area contributed by atoms with Crippen LogP contribution in [-0.2, 0) is 26.2 Å². The zero-order valence-corrected chi connectivity index (χ0v) is 17.9. The van der Waals surface area contributed by atoms with Gasteiger partial charge in [-0.1, -0.05) is 18.2 Å². The zero-order chi connectivity index (χ0) is 25.0. The molecule has 2 aliphatic heterocycles. The predicted molar refractivity (Wildman–Crippen MR) is 113 cm³/mol. The number of ketones is 1. The Morgan fingerprint density at radius 3 is 2.31 bits per heavy atom. The number of rotatable bonds is 3. The summed E-state index contributed by atoms with van der Waals surface area (Å²) in [5.41, 5.74) is -1.53. The second-order valence-corrected chi connectivity index (χ2v) is 8.01. The van der Waals surface area contributed by atoms with Crippen LogP contribution >= 0.6 is 0 Å². The molecule has 3 aromatic rings. The Morgan fingerprint density at radius 1 is 0.914 bits per heavy atom. The molecule has 0 unspecified atom stereocenters. The molecule has 35 heavy (non-hydrogen) atoms. The van der Waals surface area contributed by atoms with Crippen molar-refractivity contribution in [3.63, 3.8) is 0 Å². The molecule has 3 aromatic carbocycles. The molecule has 1 amide bonds. The molecular weight excluding hydrogens is 473 g/mol. The fraction of sp³-hybridized carbons (Fsp3) is 0.200. The fourth-order valence-corrected chi connectivity index (χ4v) is 4.28. The van der Waals surface area contributed by atoms with Gasteiger partial charge in [0.2, 0.25) is 0 Å². The van der Waals surface area contributed by atoms with E-state index in [2.05, 4.69) is 0 Å². The normalized spacial score (nSPS) is 17.1. The maximum atomic E-state index is 13.9. The molecule has 0 aliphatic carbocycles. The quantitative estimate of drug-likeness (QED) is 0.361. The van der Waals surface area contributed by atoms with Crippen LogP contribution in [0.15, 0.2) is 60.7 Å². The Bertz CT molecular complexity index is 1350. The van der Waals surface area contributed by atoms with Crippen molar-refractivity contribution in [2.45, 2.75) is 18.4 Å². The van der Waals surface area contributed by atoms with Gasteiger partial charge in [-0.25, -0.2) is 8.78 Å². The number of hydrogen-bond acceptors (Lipinski definition) is 4. The molecule has 0 radical (unpaired) electrons. The maximum Gasteiger partial charge on any atom is 0.417 e. The number of benzene rings is 3. The van der Waals surface area contributed by atoms with E-state index in [1.54, 1.807) is 0 Å². The number of carbonyl (C=O) groups excluding carboxylic acids is 2. The van der Waals surface area contributed by atoms with E-state index >= 15 is 0 Å². The number of halogens is 5. The maximum absolute atomic E-state index is 13.9. The number of carbonyl (C=O) groups is 2. The van der Waals surface area contributed by atoms with Crippen LogP contribution in [-0.4, -0.2) is 24.9 Å². The Balaban J connectivity index is 1.65. The molecule has 0 saturated carbocycles. The lowest BCUT2D eigenvalue weighted by Crippen LogP contribution is -2.46. The first-order valence-corrected chi connectivity index (χ1v) is 10.6. The smallest absolute Gasteiger partial charge is 0.338 e. The highest BCUT2D eigenvalue weighted by Crippen LogP contribution is 2.49. The fourth-order valence-electron chi connectivity index (χ4n) is 4.28. The lowest BCUT2D eigenvalue weighted by atomic mass is 9.95. The van der Waals surface area contributed by atoms with Gasteiger partial charge in [0, 0.05) is 22.8 Å². The summed E-state index contributed by atoms with van der Waals surface area (Å²) in [5.74, 6) is -5.93. The standard InChI is InChI=1S/C25H16F5NO4/c26-19-8-7-15(13-20(19)27)31-21-9-6-14(12-18(21)24(23(31)33)34-10-3-11-35-24)22(32)16-4-1-2-5-17(16)25(28,29)30/h1-2,4-9,12-13H,3,10-11H2. The molecule has 1 saturated heterocycles. The van der Waals surface area contributed by atoms with Gasteiger partial charge in [0.05, 0.1) is 30.2 Å². The van der Waals surface area contributed by atoms with Gasteiger partial charge in [-0.05, 0) is 42.8 Å². The highest BCUT2D eigenvalue weighted by molar-refractivity contribution is 6.14. The summed E-state index contributed by atoms with van der Waals surface area (Å²) in [6, 6.07) is 11.1. The Hall–Kier alpha value is -3.63. The zero-order valence-electron chi connectivity index (χ0n) is 17.9. The van der Waals surface area contributed by atoms with E-state index in [9.17, 15) is 31.5 Å². The van der Waals surface area contributed by atoms with Crippen molar-refractivity contribution in [2.24, 2.45) is 0 Å². The average Bonchev–Trinajstić information content (AvgIpc) is 3.07. The highest BCUT2D eigenvalue weighted by atomic mass is 19.4. The van der Waals surface area contributed by atoms with E-state index in [4.69, 9.17) is 9.47 Å². The van der Waals surface area contributed by atoms with E-state index in [0.717, 1.165) is 29.2 Å². The lowest BCUT2D eigenvalue weighted by Gasteiger charge is -2.32. The highest BCUT2D eigenvalue weighted by Gasteiger charge is 2.55. The first-order valence-electron chi connectivity index (χ1n) is 10.6. The Labute approximate surface area is 195 Å². The average molecular weight is 489 g/mol. The molecule has 0 atom stereocenters. The van der Waals surface area contributed by atoms with Crippen LogP contribution in [0.3, 0.4) is 0 Å². The third-order valence-electron chi connectivity index (χ3n) is 5.88. The number of hydrogen-bond donors (Lipinski definition) is 0. The number of amides is 1. The monoisotopic (exact) mass is 489 g/mol. The summed E-state index contributed by atoms with van der Waals surface area (Å²) in [6.45, 7) is 0.262. The molecule has 5 rings (SSSR count). The summed E-state index contributed by atoms with van der Waals surface area (Å²) >= 11 is 0. The van der Waals surface area contributed by atoms with Crippen LogP contribution < -0.4 is 4.90 Å². The molecule has 1 spiro atoms. The minimum absolute atomic E-state index is 0.00806. The van der Waals surface area contributed by atoms with Crippen LogP contribution in [0.25, 0.3) is 0 Å². The Kier molecular flexibility index (Phi) is 5.45. The summed E-state index contributed by atoms with van der Waals surface area (Å²) in [5, 5.41) is 0. The summed E-state index contributed by atoms with van der Waals surface area (Å²) in [4.78, 5) is 27.7. The number of nitrogens with zero attached hydrogens (tertiary/aromatic N) is 1. The third-order valence-corrected chi connectivity index (χ3v) is 5.88. The number of anilines is 2. The molecule has 10 heteroatoms. The van der Waals surface area contributed by atoms with Crippen LogP contribution in [0.2, 0.25) is 0 Å². The molecule has 0 N–H and O–H groups in total. The summed E-state index contributed by atoms with van der Waals surface area (Å²) < 4.78 is 79.3. The van der Waals surface area contributed by atoms with Gasteiger partial charge in [-0.2, -0.15) is 13.2 Å². The molecular formula is C25H16F5NO4. The molecule has 2 heterocycles. The van der Waals surface area contributed by atoms with Crippen LogP contribution in [0.4, 0.5) is 33.3 Å². The van der Waals surface area contributed by atoms with Gasteiger partial charge >= 0.3 is 6.18 Å². The number of fused-ring (bicyclic) bond motifs is 2. The van der Waals surface area contributed by atoms with Crippen molar-refractivity contribution in [1.29, 1.82) is 0 Å². The molecule has 0 aromatic heterocycles. The van der Waals surface area contributed by atoms with Gasteiger partial charge in [-0.3, -0.25) is 14.5 Å². The minimum atomic E-state index is -4.75. The van der Waals surface area contributed by atoms with Gasteiger partial charge in [0.1, 0.15) is 0 Å². The van der Waals surface area contributed by atoms with E-state index in [-0.39, 0.29) is 35.7 Å². The second kappa shape index (κ2) is 8.24. The minimum Gasteiger partial charge on any atom is -0.338 e. The Morgan fingerprint density at radius 2 is 1.63 bits per heavy atom. The third kappa shape index (κ3) is 3.69. The number of ether oxygens (including phenoxy) is 2.